The van der Waals surface area contributed by atoms with Gasteiger partial charge in [-0.05, 0) is 32.1 Å². The van der Waals surface area contributed by atoms with Crippen molar-refractivity contribution in [3.63, 3.8) is 0 Å². The van der Waals surface area contributed by atoms with Gasteiger partial charge in [0.05, 0.1) is 0 Å². The van der Waals surface area contributed by atoms with E-state index >= 15 is 0 Å². The topological polar surface area (TPSA) is 29.1 Å². The summed E-state index contributed by atoms with van der Waals surface area (Å²) in [5, 5.41) is 2.70. The molecule has 0 heterocycles. The summed E-state index contributed by atoms with van der Waals surface area (Å²) in [7, 11) is 0. The molecule has 0 spiro atoms. The van der Waals surface area contributed by atoms with E-state index in [9.17, 15) is 4.79 Å². The predicted molar refractivity (Wildman–Crippen MR) is 88.9 cm³/mol. The van der Waals surface area contributed by atoms with E-state index in [1.165, 1.54) is 77.0 Å². The van der Waals surface area contributed by atoms with Crippen molar-refractivity contribution in [2.45, 2.75) is 90.4 Å². The van der Waals surface area contributed by atoms with E-state index < -0.39 is 0 Å². The molecule has 0 rings (SSSR count). The number of unbranched alkanes of at least 4 members (excludes halogenated alkanes) is 11. The molecule has 0 aliphatic heterocycles. The molecule has 2 heteroatoms. The number of rotatable bonds is 16. The highest BCUT2D eigenvalue weighted by atomic mass is 16.1. The van der Waals surface area contributed by atoms with Crippen molar-refractivity contribution in [3.8, 4) is 0 Å². The molecule has 0 saturated carbocycles. The Labute approximate surface area is 126 Å². The maximum atomic E-state index is 10.0. The van der Waals surface area contributed by atoms with Crippen molar-refractivity contribution in [2.24, 2.45) is 0 Å². The van der Waals surface area contributed by atoms with Gasteiger partial charge in [-0.15, -0.1) is 0 Å². The van der Waals surface area contributed by atoms with Crippen molar-refractivity contribution < 1.29 is 4.79 Å². The fourth-order valence-corrected chi connectivity index (χ4v) is 2.36. The molecule has 2 nitrogen and oxygen atoms in total. The van der Waals surface area contributed by atoms with Crippen molar-refractivity contribution >= 4 is 6.41 Å². The number of amides is 1. The second-order valence-corrected chi connectivity index (χ2v) is 5.66. The number of allylic oxidation sites excluding steroid dienone is 2. The highest BCUT2D eigenvalue weighted by Gasteiger charge is 1.90. The van der Waals surface area contributed by atoms with Crippen molar-refractivity contribution in [2.75, 3.05) is 6.54 Å². The minimum absolute atomic E-state index is 0.786. The molecule has 0 atom stereocenters. The highest BCUT2D eigenvalue weighted by molar-refractivity contribution is 5.45. The highest BCUT2D eigenvalue weighted by Crippen LogP contribution is 2.09. The third kappa shape index (κ3) is 17.2. The smallest absolute Gasteiger partial charge is 0.207 e. The van der Waals surface area contributed by atoms with E-state index in [4.69, 9.17) is 0 Å². The lowest BCUT2D eigenvalue weighted by molar-refractivity contribution is -0.109. The Hall–Kier alpha value is -0.790. The van der Waals surface area contributed by atoms with Gasteiger partial charge in [-0.1, -0.05) is 70.4 Å². The Morgan fingerprint density at radius 2 is 1.20 bits per heavy atom. The van der Waals surface area contributed by atoms with Gasteiger partial charge in [-0.3, -0.25) is 4.79 Å². The van der Waals surface area contributed by atoms with Crippen LogP contribution in [0.5, 0.6) is 0 Å². The zero-order valence-corrected chi connectivity index (χ0v) is 13.5. The molecule has 0 aliphatic rings. The lowest BCUT2D eigenvalue weighted by Gasteiger charge is -2.00. The Bertz CT molecular complexity index is 213. The van der Waals surface area contributed by atoms with E-state index in [0.29, 0.717) is 0 Å². The zero-order valence-electron chi connectivity index (χ0n) is 13.5. The number of carbonyl (C=O) groups is 1. The minimum Gasteiger partial charge on any atom is -0.359 e. The average Bonchev–Trinajstić information content (AvgIpc) is 2.47. The maximum Gasteiger partial charge on any atom is 0.207 e. The molecule has 1 N–H and O–H groups in total. The fraction of sp³-hybridized carbons (Fsp3) is 0.833. The van der Waals surface area contributed by atoms with Gasteiger partial charge in [0.2, 0.25) is 6.41 Å². The van der Waals surface area contributed by atoms with Crippen molar-refractivity contribution in [1.29, 1.82) is 0 Å². The van der Waals surface area contributed by atoms with Crippen LogP contribution in [-0.2, 0) is 4.79 Å². The van der Waals surface area contributed by atoms with E-state index in [0.717, 1.165) is 19.4 Å². The third-order valence-electron chi connectivity index (χ3n) is 3.67. The van der Waals surface area contributed by atoms with Gasteiger partial charge < -0.3 is 5.32 Å². The monoisotopic (exact) mass is 281 g/mol. The van der Waals surface area contributed by atoms with E-state index in [2.05, 4.69) is 24.4 Å². The Morgan fingerprint density at radius 1 is 0.700 bits per heavy atom. The normalized spacial score (nSPS) is 11.1. The van der Waals surface area contributed by atoms with Gasteiger partial charge in [0, 0.05) is 6.54 Å². The molecule has 0 unspecified atom stereocenters. The van der Waals surface area contributed by atoms with Gasteiger partial charge in [0.25, 0.3) is 0 Å². The minimum atomic E-state index is 0.786. The van der Waals surface area contributed by atoms with Crippen LogP contribution < -0.4 is 5.32 Å². The molecule has 0 aromatic carbocycles. The zero-order chi connectivity index (χ0) is 14.7. The molecule has 0 saturated heterocycles. The molecule has 0 bridgehead atoms. The number of hydrogen-bond donors (Lipinski definition) is 1. The molecule has 0 aromatic rings. The van der Waals surface area contributed by atoms with Gasteiger partial charge in [-0.25, -0.2) is 0 Å². The lowest BCUT2D eigenvalue weighted by Crippen LogP contribution is -2.11. The summed E-state index contributed by atoms with van der Waals surface area (Å²) in [6.45, 7) is 3.10. The standard InChI is InChI=1S/C18H35NO/c1-2-3-4-5-6-7-8-9-10-11-12-13-14-15-16-17-19-18-20/h9-10,18H,2-8,11-17H2,1H3,(H,19,20)/b10-9-. The largest absolute Gasteiger partial charge is 0.359 e. The summed E-state index contributed by atoms with van der Waals surface area (Å²) in [4.78, 5) is 10.0. The second kappa shape index (κ2) is 18.2. The van der Waals surface area contributed by atoms with Gasteiger partial charge in [-0.2, -0.15) is 0 Å². The van der Waals surface area contributed by atoms with E-state index in [1.807, 2.05) is 0 Å². The SMILES string of the molecule is CCCCCCCC/C=C\CCCCCCCNC=O. The molecule has 118 valence electrons. The van der Waals surface area contributed by atoms with Crippen LogP contribution in [0.3, 0.4) is 0 Å². The molecule has 20 heavy (non-hydrogen) atoms. The molecule has 0 aromatic heterocycles. The summed E-state index contributed by atoms with van der Waals surface area (Å²) in [6.07, 6.45) is 22.7. The molecule has 0 radical (unpaired) electrons. The first kappa shape index (κ1) is 19.2. The summed E-state index contributed by atoms with van der Waals surface area (Å²) in [5.41, 5.74) is 0. The fourth-order valence-electron chi connectivity index (χ4n) is 2.36. The first-order chi connectivity index (χ1) is 9.91. The van der Waals surface area contributed by atoms with Crippen molar-refractivity contribution in [3.05, 3.63) is 12.2 Å². The molecule has 0 aliphatic carbocycles. The summed E-state index contributed by atoms with van der Waals surface area (Å²) >= 11 is 0. The molecular formula is C18H35NO. The first-order valence-corrected chi connectivity index (χ1v) is 8.73. The summed E-state index contributed by atoms with van der Waals surface area (Å²) < 4.78 is 0. The van der Waals surface area contributed by atoms with Gasteiger partial charge in [0.15, 0.2) is 0 Å². The second-order valence-electron chi connectivity index (χ2n) is 5.66. The number of nitrogens with one attached hydrogen (secondary N) is 1. The molecule has 0 fully saturated rings. The average molecular weight is 281 g/mol. The first-order valence-electron chi connectivity index (χ1n) is 8.73. The molecule has 1 amide bonds. The Kier molecular flexibility index (Phi) is 17.5. The predicted octanol–water partition coefficient (Wildman–Crippen LogP) is 5.38. The van der Waals surface area contributed by atoms with Crippen LogP contribution in [0.4, 0.5) is 0 Å². The summed E-state index contributed by atoms with van der Waals surface area (Å²) in [5.74, 6) is 0. The van der Waals surface area contributed by atoms with Crippen LogP contribution in [0, 0.1) is 0 Å². The van der Waals surface area contributed by atoms with Crippen LogP contribution in [0.15, 0.2) is 12.2 Å². The van der Waals surface area contributed by atoms with E-state index in [1.54, 1.807) is 0 Å². The van der Waals surface area contributed by atoms with Crippen LogP contribution >= 0.6 is 0 Å². The van der Waals surface area contributed by atoms with Crippen LogP contribution in [0.1, 0.15) is 90.4 Å². The number of carbonyl (C=O) groups excluding carboxylic acids is 1. The molecular weight excluding hydrogens is 246 g/mol. The van der Waals surface area contributed by atoms with Crippen LogP contribution in [0.2, 0.25) is 0 Å². The van der Waals surface area contributed by atoms with E-state index in [-0.39, 0.29) is 0 Å². The van der Waals surface area contributed by atoms with Crippen LogP contribution in [0.25, 0.3) is 0 Å². The Balaban J connectivity index is 3.03. The quantitative estimate of drug-likeness (QED) is 0.230. The van der Waals surface area contributed by atoms with Gasteiger partial charge in [0.1, 0.15) is 0 Å². The van der Waals surface area contributed by atoms with Crippen LogP contribution in [-0.4, -0.2) is 13.0 Å². The van der Waals surface area contributed by atoms with Gasteiger partial charge >= 0.3 is 0 Å². The lowest BCUT2D eigenvalue weighted by atomic mass is 10.1. The van der Waals surface area contributed by atoms with Crippen molar-refractivity contribution in [1.82, 2.24) is 5.32 Å². The third-order valence-corrected chi connectivity index (χ3v) is 3.67. The Morgan fingerprint density at radius 3 is 1.75 bits per heavy atom. The maximum absolute atomic E-state index is 10.0. The number of hydrogen-bond acceptors (Lipinski definition) is 1. The summed E-state index contributed by atoms with van der Waals surface area (Å²) in [6, 6.07) is 0.